The third-order valence-electron chi connectivity index (χ3n) is 5.53. The van der Waals surface area contributed by atoms with Gasteiger partial charge in [0, 0.05) is 28.9 Å². The molecule has 0 saturated carbocycles. The summed E-state index contributed by atoms with van der Waals surface area (Å²) in [4.78, 5) is 27.9. The van der Waals surface area contributed by atoms with Crippen LogP contribution in [0.25, 0.3) is 22.4 Å². The third-order valence-corrected chi connectivity index (χ3v) is 6.51. The topological polar surface area (TPSA) is 127 Å². The highest BCUT2D eigenvalue weighted by Crippen LogP contribution is 2.39. The number of nitro groups is 1. The lowest BCUT2D eigenvalue weighted by molar-refractivity contribution is -0.384. The van der Waals surface area contributed by atoms with E-state index in [-0.39, 0.29) is 24.1 Å². The van der Waals surface area contributed by atoms with Crippen molar-refractivity contribution < 1.29 is 19.2 Å². The van der Waals surface area contributed by atoms with Crippen LogP contribution in [0.15, 0.2) is 83.9 Å². The first kappa shape index (κ1) is 23.8. The van der Waals surface area contributed by atoms with Crippen LogP contribution >= 0.6 is 11.8 Å². The van der Waals surface area contributed by atoms with Crippen molar-refractivity contribution in [2.45, 2.75) is 5.03 Å². The number of rotatable bonds is 7. The molecule has 0 unspecified atom stereocenters. The average Bonchev–Trinajstić information content (AvgIpc) is 3.40. The highest BCUT2D eigenvalue weighted by molar-refractivity contribution is 8.00. The molecule has 37 heavy (non-hydrogen) atoms. The summed E-state index contributed by atoms with van der Waals surface area (Å²) in [5.74, 6) is 0.784. The number of ether oxygens (including phenoxy) is 2. The van der Waals surface area contributed by atoms with Gasteiger partial charge < -0.3 is 14.8 Å². The molecule has 1 aliphatic heterocycles. The number of fused-ring (bicyclic) bond motifs is 1. The fourth-order valence-electron chi connectivity index (χ4n) is 3.81. The van der Waals surface area contributed by atoms with E-state index in [9.17, 15) is 20.2 Å². The molecule has 1 aliphatic rings. The van der Waals surface area contributed by atoms with Gasteiger partial charge in [-0.25, -0.2) is 4.98 Å². The molecule has 1 amide bonds. The molecule has 0 atom stereocenters. The van der Waals surface area contributed by atoms with Gasteiger partial charge in [-0.05, 0) is 29.8 Å². The molecule has 0 saturated heterocycles. The van der Waals surface area contributed by atoms with E-state index < -0.39 is 4.92 Å². The standard InChI is InChI=1S/C27H18N4O5S/c28-14-22-21(18-9-10-24-25(11-18)36-16-35-24)13-23(17-5-2-1-3-6-17)30-27(22)37-15-26(32)29-19-7-4-8-20(12-19)31(33)34/h1-13H,15-16H2,(H,29,32). The van der Waals surface area contributed by atoms with E-state index in [0.717, 1.165) is 22.9 Å². The zero-order valence-electron chi connectivity index (χ0n) is 19.2. The van der Waals surface area contributed by atoms with Crippen LogP contribution in [0.4, 0.5) is 11.4 Å². The lowest BCUT2D eigenvalue weighted by atomic mass is 9.99. The first-order valence-corrected chi connectivity index (χ1v) is 12.1. The molecule has 9 nitrogen and oxygen atoms in total. The number of aromatic nitrogens is 1. The number of nitriles is 1. The number of nitro benzene ring substituents is 1. The van der Waals surface area contributed by atoms with E-state index in [1.165, 1.54) is 18.2 Å². The summed E-state index contributed by atoms with van der Waals surface area (Å²) in [5.41, 5.74) is 3.42. The van der Waals surface area contributed by atoms with Crippen molar-refractivity contribution in [2.75, 3.05) is 17.9 Å². The van der Waals surface area contributed by atoms with Crippen molar-refractivity contribution in [3.8, 4) is 40.0 Å². The van der Waals surface area contributed by atoms with Crippen LogP contribution in [-0.4, -0.2) is 28.4 Å². The van der Waals surface area contributed by atoms with Crippen molar-refractivity contribution >= 4 is 29.0 Å². The van der Waals surface area contributed by atoms with Gasteiger partial charge in [0.05, 0.1) is 21.9 Å². The minimum atomic E-state index is -0.528. The predicted molar refractivity (Wildman–Crippen MR) is 138 cm³/mol. The normalized spacial score (nSPS) is 11.5. The van der Waals surface area contributed by atoms with Gasteiger partial charge in [0.2, 0.25) is 12.7 Å². The summed E-state index contributed by atoms with van der Waals surface area (Å²) in [6.45, 7) is 0.135. The SMILES string of the molecule is N#Cc1c(-c2ccc3c(c2)OCO3)cc(-c2ccccc2)nc1SCC(=O)Nc1cccc([N+](=O)[O-])c1. The first-order chi connectivity index (χ1) is 18.0. The predicted octanol–water partition coefficient (Wildman–Crippen LogP) is 5.65. The van der Waals surface area contributed by atoms with E-state index in [1.807, 2.05) is 48.5 Å². The van der Waals surface area contributed by atoms with E-state index >= 15 is 0 Å². The maximum Gasteiger partial charge on any atom is 0.271 e. The summed E-state index contributed by atoms with van der Waals surface area (Å²) in [7, 11) is 0. The van der Waals surface area contributed by atoms with E-state index in [1.54, 1.807) is 12.1 Å². The first-order valence-electron chi connectivity index (χ1n) is 11.1. The third kappa shape index (κ3) is 5.22. The van der Waals surface area contributed by atoms with Crippen LogP contribution in [0.5, 0.6) is 11.5 Å². The van der Waals surface area contributed by atoms with Gasteiger partial charge in [-0.15, -0.1) is 0 Å². The number of amides is 1. The Bertz CT molecular complexity index is 1550. The summed E-state index contributed by atoms with van der Waals surface area (Å²) >= 11 is 1.12. The number of benzene rings is 3. The molecule has 3 aromatic carbocycles. The summed E-state index contributed by atoms with van der Waals surface area (Å²) in [6, 6.07) is 24.8. The number of carbonyl (C=O) groups excluding carboxylic acids is 1. The van der Waals surface area contributed by atoms with Crippen molar-refractivity contribution in [1.82, 2.24) is 4.98 Å². The van der Waals surface area contributed by atoms with Crippen LogP contribution in [0, 0.1) is 21.4 Å². The molecule has 5 rings (SSSR count). The minimum absolute atomic E-state index is 0.0524. The number of hydrogen-bond donors (Lipinski definition) is 1. The van der Waals surface area contributed by atoms with E-state index in [4.69, 9.17) is 14.5 Å². The van der Waals surface area contributed by atoms with Crippen LogP contribution in [0.2, 0.25) is 0 Å². The number of anilines is 1. The van der Waals surface area contributed by atoms with Gasteiger partial charge >= 0.3 is 0 Å². The Morgan fingerprint density at radius 2 is 1.84 bits per heavy atom. The highest BCUT2D eigenvalue weighted by Gasteiger charge is 2.20. The summed E-state index contributed by atoms with van der Waals surface area (Å²) in [5, 5.41) is 24.1. The second-order valence-electron chi connectivity index (χ2n) is 7.93. The Balaban J connectivity index is 1.47. The quantitative estimate of drug-likeness (QED) is 0.192. The van der Waals surface area contributed by atoms with Gasteiger partial charge in [-0.1, -0.05) is 54.2 Å². The number of nitrogens with zero attached hydrogens (tertiary/aromatic N) is 3. The van der Waals surface area contributed by atoms with Gasteiger partial charge in [0.15, 0.2) is 11.5 Å². The van der Waals surface area contributed by atoms with E-state index in [2.05, 4.69) is 11.4 Å². The lowest BCUT2D eigenvalue weighted by Crippen LogP contribution is -2.14. The smallest absolute Gasteiger partial charge is 0.271 e. The van der Waals surface area contributed by atoms with Crippen LogP contribution in [0.1, 0.15) is 5.56 Å². The molecular formula is C27H18N4O5S. The molecule has 0 radical (unpaired) electrons. The molecule has 0 fully saturated rings. The molecule has 10 heteroatoms. The minimum Gasteiger partial charge on any atom is -0.454 e. The monoisotopic (exact) mass is 510 g/mol. The summed E-state index contributed by atoms with van der Waals surface area (Å²) < 4.78 is 10.9. The molecule has 4 aromatic rings. The van der Waals surface area contributed by atoms with E-state index in [0.29, 0.717) is 39.0 Å². The Kier molecular flexibility index (Phi) is 6.70. The maximum absolute atomic E-state index is 12.7. The van der Waals surface area contributed by atoms with Crippen molar-refractivity contribution in [2.24, 2.45) is 0 Å². The molecule has 1 N–H and O–H groups in total. The molecule has 0 bridgehead atoms. The van der Waals surface area contributed by atoms with Crippen LogP contribution in [-0.2, 0) is 4.79 Å². The highest BCUT2D eigenvalue weighted by atomic mass is 32.2. The lowest BCUT2D eigenvalue weighted by Gasteiger charge is -2.13. The number of carbonyl (C=O) groups is 1. The van der Waals surface area contributed by atoms with Gasteiger partial charge in [-0.3, -0.25) is 14.9 Å². The number of thioether (sulfide) groups is 1. The van der Waals surface area contributed by atoms with Crippen molar-refractivity contribution in [3.63, 3.8) is 0 Å². The molecular weight excluding hydrogens is 492 g/mol. The molecule has 0 aliphatic carbocycles. The largest absolute Gasteiger partial charge is 0.454 e. The molecule has 182 valence electrons. The Morgan fingerprint density at radius 1 is 1.03 bits per heavy atom. The van der Waals surface area contributed by atoms with Crippen LogP contribution < -0.4 is 14.8 Å². The van der Waals surface area contributed by atoms with Gasteiger partial charge in [-0.2, -0.15) is 5.26 Å². The Labute approximate surface area is 215 Å². The average molecular weight is 511 g/mol. The second-order valence-corrected chi connectivity index (χ2v) is 8.89. The number of nitrogens with one attached hydrogen (secondary N) is 1. The summed E-state index contributed by atoms with van der Waals surface area (Å²) in [6.07, 6.45) is 0. The van der Waals surface area contributed by atoms with Crippen LogP contribution in [0.3, 0.4) is 0 Å². The molecule has 2 heterocycles. The fourth-order valence-corrected chi connectivity index (χ4v) is 4.61. The number of hydrogen-bond acceptors (Lipinski definition) is 8. The Morgan fingerprint density at radius 3 is 2.62 bits per heavy atom. The number of pyridine rings is 1. The fraction of sp³-hybridized carbons (Fsp3) is 0.0741. The zero-order valence-corrected chi connectivity index (χ0v) is 20.0. The maximum atomic E-state index is 12.7. The molecule has 1 aromatic heterocycles. The van der Waals surface area contributed by atoms with Crippen molar-refractivity contribution in [1.29, 1.82) is 5.26 Å². The van der Waals surface area contributed by atoms with Crippen molar-refractivity contribution in [3.05, 3.63) is 94.5 Å². The number of non-ortho nitro benzene ring substituents is 1. The van der Waals surface area contributed by atoms with Gasteiger partial charge in [0.25, 0.3) is 5.69 Å². The molecule has 0 spiro atoms. The Hall–Kier alpha value is -4.88. The zero-order chi connectivity index (χ0) is 25.8. The van der Waals surface area contributed by atoms with Gasteiger partial charge in [0.1, 0.15) is 11.1 Å². The second kappa shape index (κ2) is 10.4.